The van der Waals surface area contributed by atoms with Crippen LogP contribution in [-0.4, -0.2) is 22.8 Å². The highest BCUT2D eigenvalue weighted by Gasteiger charge is 2.53. The lowest BCUT2D eigenvalue weighted by atomic mass is 9.55. The number of hydrogen-bond acceptors (Lipinski definition) is 3. The van der Waals surface area contributed by atoms with Crippen LogP contribution in [0.15, 0.2) is 12.7 Å². The standard InChI is InChI=1S/C14H20O3/c1-2-13(15)17-12-8-14(16)6-9-3-4-11(12)10(5-9)7-14/h2,9-12,16H,1,3-8H2. The molecule has 0 saturated heterocycles. The summed E-state index contributed by atoms with van der Waals surface area (Å²) in [6.45, 7) is 3.44. The van der Waals surface area contributed by atoms with E-state index in [1.807, 2.05) is 0 Å². The quantitative estimate of drug-likeness (QED) is 0.589. The molecule has 3 bridgehead atoms. The summed E-state index contributed by atoms with van der Waals surface area (Å²) in [5, 5.41) is 10.6. The molecule has 3 rings (SSSR count). The maximum atomic E-state index is 11.4. The Balaban J connectivity index is 1.81. The Bertz CT molecular complexity index is 347. The smallest absolute Gasteiger partial charge is 0.330 e. The van der Waals surface area contributed by atoms with Crippen LogP contribution >= 0.6 is 0 Å². The maximum Gasteiger partial charge on any atom is 0.330 e. The van der Waals surface area contributed by atoms with Crippen LogP contribution in [0, 0.1) is 17.8 Å². The van der Waals surface area contributed by atoms with E-state index in [2.05, 4.69) is 6.58 Å². The minimum Gasteiger partial charge on any atom is -0.459 e. The fraction of sp³-hybridized carbons (Fsp3) is 0.786. The highest BCUT2D eigenvalue weighted by Crippen LogP contribution is 2.54. The summed E-state index contributed by atoms with van der Waals surface area (Å²) < 4.78 is 5.45. The van der Waals surface area contributed by atoms with Crippen molar-refractivity contribution in [2.45, 2.75) is 50.2 Å². The van der Waals surface area contributed by atoms with Gasteiger partial charge in [-0.1, -0.05) is 6.58 Å². The number of esters is 1. The van der Waals surface area contributed by atoms with Crippen molar-refractivity contribution in [3.05, 3.63) is 12.7 Å². The summed E-state index contributed by atoms with van der Waals surface area (Å²) in [4.78, 5) is 11.4. The van der Waals surface area contributed by atoms with Crippen molar-refractivity contribution in [2.24, 2.45) is 17.8 Å². The molecule has 0 spiro atoms. The Morgan fingerprint density at radius 3 is 2.94 bits per heavy atom. The molecule has 3 saturated carbocycles. The van der Waals surface area contributed by atoms with E-state index in [1.165, 1.54) is 18.9 Å². The van der Waals surface area contributed by atoms with Gasteiger partial charge in [-0.2, -0.15) is 0 Å². The molecule has 94 valence electrons. The summed E-state index contributed by atoms with van der Waals surface area (Å²) >= 11 is 0. The predicted molar refractivity (Wildman–Crippen MR) is 63.2 cm³/mol. The van der Waals surface area contributed by atoms with Crippen molar-refractivity contribution >= 4 is 5.97 Å². The molecular weight excluding hydrogens is 216 g/mol. The molecule has 3 aliphatic rings. The minimum absolute atomic E-state index is 0.0921. The van der Waals surface area contributed by atoms with Gasteiger partial charge in [0.2, 0.25) is 0 Å². The van der Waals surface area contributed by atoms with Gasteiger partial charge in [0, 0.05) is 12.5 Å². The fourth-order valence-electron chi connectivity index (χ4n) is 4.42. The Morgan fingerprint density at radius 1 is 1.35 bits per heavy atom. The lowest BCUT2D eigenvalue weighted by Crippen LogP contribution is -2.55. The van der Waals surface area contributed by atoms with Gasteiger partial charge < -0.3 is 9.84 Å². The summed E-state index contributed by atoms with van der Waals surface area (Å²) in [6.07, 6.45) is 7.13. The third-order valence-corrected chi connectivity index (χ3v) is 4.95. The maximum absolute atomic E-state index is 11.4. The molecule has 0 aromatic rings. The largest absolute Gasteiger partial charge is 0.459 e. The van der Waals surface area contributed by atoms with Crippen LogP contribution in [0.2, 0.25) is 0 Å². The van der Waals surface area contributed by atoms with Crippen molar-refractivity contribution in [2.75, 3.05) is 0 Å². The Labute approximate surface area is 102 Å². The molecule has 3 aliphatic carbocycles. The summed E-state index contributed by atoms with van der Waals surface area (Å²) in [5.74, 6) is 1.38. The fourth-order valence-corrected chi connectivity index (χ4v) is 4.42. The average molecular weight is 236 g/mol. The highest BCUT2D eigenvalue weighted by molar-refractivity contribution is 5.81. The molecular formula is C14H20O3. The van der Waals surface area contributed by atoms with Gasteiger partial charge in [-0.25, -0.2) is 4.79 Å². The van der Waals surface area contributed by atoms with Crippen molar-refractivity contribution in [3.8, 4) is 0 Å². The Kier molecular flexibility index (Phi) is 2.54. The lowest BCUT2D eigenvalue weighted by Gasteiger charge is -2.54. The van der Waals surface area contributed by atoms with Gasteiger partial charge in [0.15, 0.2) is 0 Å². The van der Waals surface area contributed by atoms with E-state index in [1.54, 1.807) is 0 Å². The van der Waals surface area contributed by atoms with E-state index in [0.29, 0.717) is 24.2 Å². The summed E-state index contributed by atoms with van der Waals surface area (Å²) in [7, 11) is 0. The number of hydrogen-bond donors (Lipinski definition) is 1. The second-order valence-corrected chi connectivity index (χ2v) is 6.12. The number of ether oxygens (including phenoxy) is 1. The van der Waals surface area contributed by atoms with Gasteiger partial charge in [0.1, 0.15) is 6.10 Å². The zero-order valence-electron chi connectivity index (χ0n) is 10.1. The third-order valence-electron chi connectivity index (χ3n) is 4.95. The molecule has 3 nitrogen and oxygen atoms in total. The van der Waals surface area contributed by atoms with Crippen LogP contribution in [-0.2, 0) is 9.53 Å². The third kappa shape index (κ3) is 1.90. The van der Waals surface area contributed by atoms with Crippen LogP contribution in [0.25, 0.3) is 0 Å². The van der Waals surface area contributed by atoms with Crippen LogP contribution in [0.5, 0.6) is 0 Å². The molecule has 5 unspecified atom stereocenters. The van der Waals surface area contributed by atoms with Crippen molar-refractivity contribution in [1.29, 1.82) is 0 Å². The first-order chi connectivity index (χ1) is 8.09. The Morgan fingerprint density at radius 2 is 2.18 bits per heavy atom. The molecule has 3 fully saturated rings. The van der Waals surface area contributed by atoms with Gasteiger partial charge in [-0.3, -0.25) is 0 Å². The first-order valence-electron chi connectivity index (χ1n) is 6.65. The molecule has 0 radical (unpaired) electrons. The van der Waals surface area contributed by atoms with Crippen molar-refractivity contribution < 1.29 is 14.6 Å². The second kappa shape index (κ2) is 3.84. The van der Waals surface area contributed by atoms with Crippen LogP contribution in [0.3, 0.4) is 0 Å². The van der Waals surface area contributed by atoms with Crippen molar-refractivity contribution in [3.63, 3.8) is 0 Å². The van der Waals surface area contributed by atoms with Crippen molar-refractivity contribution in [1.82, 2.24) is 0 Å². The van der Waals surface area contributed by atoms with E-state index in [0.717, 1.165) is 19.3 Å². The summed E-state index contributed by atoms with van der Waals surface area (Å²) in [5.41, 5.74) is -0.573. The monoisotopic (exact) mass is 236 g/mol. The molecule has 0 amide bonds. The van der Waals surface area contributed by atoms with Crippen LogP contribution in [0.1, 0.15) is 38.5 Å². The normalized spacial score (nSPS) is 47.6. The molecule has 0 aromatic carbocycles. The van der Waals surface area contributed by atoms with Crippen LogP contribution in [0.4, 0.5) is 0 Å². The van der Waals surface area contributed by atoms with E-state index in [-0.39, 0.29) is 12.1 Å². The zero-order chi connectivity index (χ0) is 12.0. The summed E-state index contributed by atoms with van der Waals surface area (Å²) in [6, 6.07) is 0. The number of carbonyl (C=O) groups excluding carboxylic acids is 1. The number of aliphatic hydroxyl groups is 1. The van der Waals surface area contributed by atoms with Crippen LogP contribution < -0.4 is 0 Å². The van der Waals surface area contributed by atoms with Gasteiger partial charge >= 0.3 is 5.97 Å². The average Bonchev–Trinajstić information content (AvgIpc) is 2.26. The molecule has 1 N–H and O–H groups in total. The molecule has 0 aliphatic heterocycles. The zero-order valence-corrected chi connectivity index (χ0v) is 10.1. The molecule has 0 heterocycles. The van der Waals surface area contributed by atoms with Gasteiger partial charge in [-0.05, 0) is 49.9 Å². The van der Waals surface area contributed by atoms with Gasteiger partial charge in [0.05, 0.1) is 5.60 Å². The van der Waals surface area contributed by atoms with E-state index in [9.17, 15) is 9.90 Å². The number of carbonyl (C=O) groups is 1. The van der Waals surface area contributed by atoms with E-state index in [4.69, 9.17) is 4.74 Å². The molecule has 0 aromatic heterocycles. The number of rotatable bonds is 2. The molecule has 5 atom stereocenters. The van der Waals surface area contributed by atoms with Gasteiger partial charge in [0.25, 0.3) is 0 Å². The highest BCUT2D eigenvalue weighted by atomic mass is 16.5. The van der Waals surface area contributed by atoms with Gasteiger partial charge in [-0.15, -0.1) is 0 Å². The van der Waals surface area contributed by atoms with E-state index < -0.39 is 5.60 Å². The number of fused-ring (bicyclic) bond motifs is 2. The lowest BCUT2D eigenvalue weighted by molar-refractivity contribution is -0.180. The van der Waals surface area contributed by atoms with E-state index >= 15 is 0 Å². The Hall–Kier alpha value is -0.830. The molecule has 17 heavy (non-hydrogen) atoms. The first-order valence-corrected chi connectivity index (χ1v) is 6.65. The topological polar surface area (TPSA) is 46.5 Å². The first kappa shape index (κ1) is 11.3. The second-order valence-electron chi connectivity index (χ2n) is 6.12. The SMILES string of the molecule is C=CC(=O)OC1CC2(O)CC3CCC1C(C3)C2. The predicted octanol–water partition coefficient (Wildman–Crippen LogP) is 2.05. The minimum atomic E-state index is -0.573. The molecule has 3 heteroatoms.